The Morgan fingerprint density at radius 3 is 2.56 bits per heavy atom. The van der Waals surface area contributed by atoms with E-state index in [0.717, 1.165) is 5.56 Å². The molecule has 1 atom stereocenters. The molecule has 0 aliphatic rings. The van der Waals surface area contributed by atoms with Crippen molar-refractivity contribution in [3.8, 4) is 11.5 Å². The highest BCUT2D eigenvalue weighted by Gasteiger charge is 2.29. The smallest absolute Gasteiger partial charge is 0.287 e. The van der Waals surface area contributed by atoms with Crippen LogP contribution in [0.2, 0.25) is 0 Å². The van der Waals surface area contributed by atoms with Crippen molar-refractivity contribution in [1.82, 2.24) is 15.5 Å². The van der Waals surface area contributed by atoms with Crippen LogP contribution in [0, 0.1) is 6.92 Å². The Bertz CT molecular complexity index is 961. The first-order valence-electron chi connectivity index (χ1n) is 8.26. The standard InChI is InChI=1S/C19H18N4O4/c1-11-15(17(27-23-11)13-8-5-9-21-13)19(26)22-14(16(24)18(20)25)10-12-6-3-2-4-7-12/h2-9,14,21H,10H2,1H3,(H2,20,25)(H,22,26). The molecule has 0 saturated carbocycles. The van der Waals surface area contributed by atoms with Gasteiger partial charge >= 0.3 is 0 Å². The van der Waals surface area contributed by atoms with Crippen molar-refractivity contribution < 1.29 is 18.9 Å². The molecule has 8 nitrogen and oxygen atoms in total. The highest BCUT2D eigenvalue weighted by atomic mass is 16.5. The second kappa shape index (κ2) is 7.69. The van der Waals surface area contributed by atoms with E-state index in [2.05, 4.69) is 15.5 Å². The Balaban J connectivity index is 1.88. The normalized spacial score (nSPS) is 11.7. The molecular formula is C19H18N4O4. The van der Waals surface area contributed by atoms with E-state index in [1.54, 1.807) is 49.5 Å². The molecule has 0 saturated heterocycles. The number of aromatic nitrogens is 2. The molecule has 1 aromatic carbocycles. The van der Waals surface area contributed by atoms with E-state index in [0.29, 0.717) is 11.4 Å². The number of hydrogen-bond acceptors (Lipinski definition) is 5. The molecule has 3 aromatic rings. The van der Waals surface area contributed by atoms with E-state index in [-0.39, 0.29) is 17.7 Å². The summed E-state index contributed by atoms with van der Waals surface area (Å²) in [4.78, 5) is 39.4. The van der Waals surface area contributed by atoms with Crippen LogP contribution in [-0.4, -0.2) is 33.8 Å². The summed E-state index contributed by atoms with van der Waals surface area (Å²) in [5, 5.41) is 6.42. The van der Waals surface area contributed by atoms with Gasteiger partial charge in [-0.15, -0.1) is 0 Å². The lowest BCUT2D eigenvalue weighted by Crippen LogP contribution is -2.47. The van der Waals surface area contributed by atoms with Gasteiger partial charge in [-0.25, -0.2) is 0 Å². The van der Waals surface area contributed by atoms with Gasteiger partial charge in [0.25, 0.3) is 11.8 Å². The molecule has 138 valence electrons. The Morgan fingerprint density at radius 1 is 1.19 bits per heavy atom. The lowest BCUT2D eigenvalue weighted by molar-refractivity contribution is -0.137. The number of nitrogens with zero attached hydrogens (tertiary/aromatic N) is 1. The number of rotatable bonds is 7. The number of nitrogens with two attached hydrogens (primary N) is 1. The molecule has 4 N–H and O–H groups in total. The summed E-state index contributed by atoms with van der Waals surface area (Å²) in [6.45, 7) is 1.62. The van der Waals surface area contributed by atoms with Crippen molar-refractivity contribution in [3.05, 3.63) is 65.5 Å². The molecule has 3 rings (SSSR count). The third kappa shape index (κ3) is 3.95. The highest BCUT2D eigenvalue weighted by Crippen LogP contribution is 2.24. The van der Waals surface area contributed by atoms with Gasteiger partial charge in [0.2, 0.25) is 5.78 Å². The molecule has 2 heterocycles. The number of benzene rings is 1. The number of Topliss-reactive ketones (excluding diaryl/α,β-unsaturated/α-hetero) is 1. The number of aromatic amines is 1. The summed E-state index contributed by atoms with van der Waals surface area (Å²) < 4.78 is 5.25. The average molecular weight is 366 g/mol. The third-order valence-corrected chi connectivity index (χ3v) is 4.08. The van der Waals surface area contributed by atoms with Crippen molar-refractivity contribution in [1.29, 1.82) is 0 Å². The van der Waals surface area contributed by atoms with Crippen molar-refractivity contribution in [2.75, 3.05) is 0 Å². The number of H-pyrrole nitrogens is 1. The van der Waals surface area contributed by atoms with E-state index >= 15 is 0 Å². The van der Waals surface area contributed by atoms with Gasteiger partial charge in [-0.2, -0.15) is 0 Å². The first-order chi connectivity index (χ1) is 13.0. The Hall–Kier alpha value is -3.68. The fraction of sp³-hybridized carbons (Fsp3) is 0.158. The lowest BCUT2D eigenvalue weighted by atomic mass is 10.0. The van der Waals surface area contributed by atoms with Crippen LogP contribution < -0.4 is 11.1 Å². The largest absolute Gasteiger partial charge is 0.363 e. The molecule has 2 aromatic heterocycles. The number of aryl methyl sites for hydroxylation is 1. The second-order valence-corrected chi connectivity index (χ2v) is 6.00. The minimum absolute atomic E-state index is 0.135. The van der Waals surface area contributed by atoms with Gasteiger partial charge in [0.15, 0.2) is 5.76 Å². The first kappa shape index (κ1) is 18.1. The number of nitrogens with one attached hydrogen (secondary N) is 2. The van der Waals surface area contributed by atoms with Crippen molar-refractivity contribution in [2.45, 2.75) is 19.4 Å². The van der Waals surface area contributed by atoms with Crippen LogP contribution in [-0.2, 0) is 16.0 Å². The zero-order chi connectivity index (χ0) is 19.4. The van der Waals surface area contributed by atoms with Crippen molar-refractivity contribution in [2.24, 2.45) is 5.73 Å². The van der Waals surface area contributed by atoms with Crippen LogP contribution in [0.4, 0.5) is 0 Å². The molecule has 8 heteroatoms. The molecule has 0 aliphatic heterocycles. The van der Waals surface area contributed by atoms with E-state index in [1.807, 2.05) is 6.07 Å². The predicted molar refractivity (Wildman–Crippen MR) is 96.6 cm³/mol. The lowest BCUT2D eigenvalue weighted by Gasteiger charge is -2.16. The molecule has 0 radical (unpaired) electrons. The van der Waals surface area contributed by atoms with E-state index in [9.17, 15) is 14.4 Å². The summed E-state index contributed by atoms with van der Waals surface area (Å²) in [5.74, 6) is -2.31. The monoisotopic (exact) mass is 366 g/mol. The zero-order valence-corrected chi connectivity index (χ0v) is 14.6. The molecule has 0 aliphatic carbocycles. The molecular weight excluding hydrogens is 348 g/mol. The van der Waals surface area contributed by atoms with Gasteiger partial charge in [-0.3, -0.25) is 14.4 Å². The maximum atomic E-state index is 12.8. The molecule has 1 unspecified atom stereocenters. The topological polar surface area (TPSA) is 131 Å². The Morgan fingerprint density at radius 2 is 1.93 bits per heavy atom. The van der Waals surface area contributed by atoms with Crippen LogP contribution in [0.1, 0.15) is 21.6 Å². The number of carbonyl (C=O) groups is 3. The molecule has 0 bridgehead atoms. The van der Waals surface area contributed by atoms with Crippen molar-refractivity contribution >= 4 is 17.6 Å². The van der Waals surface area contributed by atoms with Gasteiger partial charge in [0.05, 0.1) is 11.4 Å². The number of hydrogen-bond donors (Lipinski definition) is 3. The summed E-state index contributed by atoms with van der Waals surface area (Å²) in [7, 11) is 0. The first-order valence-corrected chi connectivity index (χ1v) is 8.26. The fourth-order valence-electron chi connectivity index (χ4n) is 2.75. The SMILES string of the molecule is Cc1noc(-c2ccc[nH]2)c1C(=O)NC(Cc1ccccc1)C(=O)C(N)=O. The van der Waals surface area contributed by atoms with Crippen LogP contribution >= 0.6 is 0 Å². The van der Waals surface area contributed by atoms with E-state index in [1.165, 1.54) is 0 Å². The average Bonchev–Trinajstić information content (AvgIpc) is 3.30. The second-order valence-electron chi connectivity index (χ2n) is 6.00. The highest BCUT2D eigenvalue weighted by molar-refractivity contribution is 6.38. The van der Waals surface area contributed by atoms with Crippen LogP contribution in [0.3, 0.4) is 0 Å². The fourth-order valence-corrected chi connectivity index (χ4v) is 2.75. The predicted octanol–water partition coefficient (Wildman–Crippen LogP) is 1.37. The van der Waals surface area contributed by atoms with Gasteiger partial charge in [-0.05, 0) is 24.6 Å². The minimum atomic E-state index is -1.11. The quantitative estimate of drug-likeness (QED) is 0.544. The maximum absolute atomic E-state index is 12.8. The number of primary amides is 1. The molecule has 27 heavy (non-hydrogen) atoms. The maximum Gasteiger partial charge on any atom is 0.287 e. The number of carbonyl (C=O) groups excluding carboxylic acids is 3. The number of amides is 2. The van der Waals surface area contributed by atoms with Crippen LogP contribution in [0.5, 0.6) is 0 Å². The van der Waals surface area contributed by atoms with Crippen LogP contribution in [0.25, 0.3) is 11.5 Å². The van der Waals surface area contributed by atoms with E-state index < -0.39 is 23.6 Å². The summed E-state index contributed by atoms with van der Waals surface area (Å²) in [6, 6.07) is 11.4. The summed E-state index contributed by atoms with van der Waals surface area (Å²) in [5.41, 5.74) is 7.05. The van der Waals surface area contributed by atoms with Gasteiger partial charge in [0, 0.05) is 12.6 Å². The zero-order valence-electron chi connectivity index (χ0n) is 14.6. The van der Waals surface area contributed by atoms with Gasteiger partial charge in [-0.1, -0.05) is 35.5 Å². The molecule has 0 spiro atoms. The Labute approximate surface area is 154 Å². The Kier molecular flexibility index (Phi) is 5.16. The number of ketones is 1. The molecule has 0 fully saturated rings. The summed E-state index contributed by atoms with van der Waals surface area (Å²) in [6.07, 6.45) is 1.82. The van der Waals surface area contributed by atoms with Crippen LogP contribution in [0.15, 0.2) is 53.2 Å². The van der Waals surface area contributed by atoms with E-state index in [4.69, 9.17) is 10.3 Å². The third-order valence-electron chi connectivity index (χ3n) is 4.08. The van der Waals surface area contributed by atoms with Crippen molar-refractivity contribution in [3.63, 3.8) is 0 Å². The van der Waals surface area contributed by atoms with Gasteiger partial charge in [0.1, 0.15) is 11.6 Å². The molecule has 2 amide bonds. The van der Waals surface area contributed by atoms with Gasteiger partial charge < -0.3 is 20.6 Å². The summed E-state index contributed by atoms with van der Waals surface area (Å²) >= 11 is 0. The minimum Gasteiger partial charge on any atom is -0.363 e.